The van der Waals surface area contributed by atoms with Crippen LogP contribution in [0.3, 0.4) is 0 Å². The van der Waals surface area contributed by atoms with Crippen molar-refractivity contribution in [3.05, 3.63) is 79.9 Å². The van der Waals surface area contributed by atoms with Gasteiger partial charge in [0.25, 0.3) is 5.91 Å². The summed E-state index contributed by atoms with van der Waals surface area (Å²) < 4.78 is 5.10. The topological polar surface area (TPSA) is 59.3 Å². The van der Waals surface area contributed by atoms with Crippen LogP contribution in [-0.4, -0.2) is 11.7 Å². The predicted molar refractivity (Wildman–Crippen MR) is 94.1 cm³/mol. The molecule has 4 nitrogen and oxygen atoms in total. The zero-order valence-electron chi connectivity index (χ0n) is 12.2. The molecule has 122 valence electrons. The van der Waals surface area contributed by atoms with Gasteiger partial charge >= 0.3 is 0 Å². The number of thiophene rings is 1. The SMILES string of the molecule is O=C(NCc1ccc(C(=O)c2ccco2)s1)c1ccc(Cl)c(Cl)c1. The molecular formula is C17H11Cl2NO3S. The van der Waals surface area contributed by atoms with E-state index in [0.29, 0.717) is 32.8 Å². The fourth-order valence-corrected chi connectivity index (χ4v) is 3.22. The Labute approximate surface area is 152 Å². The zero-order chi connectivity index (χ0) is 17.1. The largest absolute Gasteiger partial charge is 0.461 e. The molecule has 7 heteroatoms. The first-order valence-corrected chi connectivity index (χ1v) is 8.52. The molecule has 3 aromatic rings. The minimum Gasteiger partial charge on any atom is -0.461 e. The molecule has 24 heavy (non-hydrogen) atoms. The van der Waals surface area contributed by atoms with Gasteiger partial charge in [0.1, 0.15) is 0 Å². The van der Waals surface area contributed by atoms with E-state index in [1.807, 2.05) is 0 Å². The van der Waals surface area contributed by atoms with Gasteiger partial charge in [-0.15, -0.1) is 11.3 Å². The maximum atomic E-state index is 12.2. The molecule has 0 atom stereocenters. The predicted octanol–water partition coefficient (Wildman–Crippen LogP) is 4.81. The van der Waals surface area contributed by atoms with Gasteiger partial charge in [0.2, 0.25) is 5.78 Å². The molecule has 0 saturated carbocycles. The molecule has 1 aromatic carbocycles. The Hall–Kier alpha value is -2.08. The Balaban J connectivity index is 1.64. The minimum absolute atomic E-state index is 0.174. The van der Waals surface area contributed by atoms with Crippen LogP contribution in [0, 0.1) is 0 Å². The van der Waals surface area contributed by atoms with Crippen molar-refractivity contribution < 1.29 is 14.0 Å². The van der Waals surface area contributed by atoms with Crippen molar-refractivity contribution in [1.29, 1.82) is 0 Å². The summed E-state index contributed by atoms with van der Waals surface area (Å²) in [4.78, 5) is 25.7. The van der Waals surface area contributed by atoms with Crippen LogP contribution in [-0.2, 0) is 6.54 Å². The van der Waals surface area contributed by atoms with E-state index in [1.54, 1.807) is 36.4 Å². The zero-order valence-corrected chi connectivity index (χ0v) is 14.5. The molecule has 0 unspecified atom stereocenters. The summed E-state index contributed by atoms with van der Waals surface area (Å²) in [5, 5.41) is 3.51. The summed E-state index contributed by atoms with van der Waals surface area (Å²) in [5.41, 5.74) is 0.424. The summed E-state index contributed by atoms with van der Waals surface area (Å²) >= 11 is 13.0. The number of furan rings is 1. The molecule has 2 heterocycles. The van der Waals surface area contributed by atoms with Crippen molar-refractivity contribution in [2.45, 2.75) is 6.54 Å². The molecular weight excluding hydrogens is 369 g/mol. The number of carbonyl (C=O) groups excluding carboxylic acids is 2. The number of hydrogen-bond donors (Lipinski definition) is 1. The number of rotatable bonds is 5. The van der Waals surface area contributed by atoms with E-state index in [0.717, 1.165) is 4.88 Å². The summed E-state index contributed by atoms with van der Waals surface area (Å²) in [7, 11) is 0. The van der Waals surface area contributed by atoms with Crippen LogP contribution in [0.25, 0.3) is 0 Å². The van der Waals surface area contributed by atoms with Gasteiger partial charge in [-0.2, -0.15) is 0 Å². The maximum Gasteiger partial charge on any atom is 0.251 e. The third-order valence-electron chi connectivity index (χ3n) is 3.24. The number of hydrogen-bond acceptors (Lipinski definition) is 4. The molecule has 3 rings (SSSR count). The lowest BCUT2D eigenvalue weighted by atomic mass is 10.2. The van der Waals surface area contributed by atoms with Gasteiger partial charge in [0, 0.05) is 10.4 Å². The van der Waals surface area contributed by atoms with E-state index in [4.69, 9.17) is 27.6 Å². The number of ketones is 1. The number of carbonyl (C=O) groups is 2. The number of benzene rings is 1. The average Bonchev–Trinajstić information content (AvgIpc) is 3.26. The molecule has 0 radical (unpaired) electrons. The summed E-state index contributed by atoms with van der Waals surface area (Å²) in [5.74, 6) is -0.142. The lowest BCUT2D eigenvalue weighted by Crippen LogP contribution is -2.22. The third-order valence-corrected chi connectivity index (χ3v) is 5.06. The van der Waals surface area contributed by atoms with Crippen molar-refractivity contribution in [3.63, 3.8) is 0 Å². The third kappa shape index (κ3) is 3.70. The highest BCUT2D eigenvalue weighted by molar-refractivity contribution is 7.14. The molecule has 1 N–H and O–H groups in total. The van der Waals surface area contributed by atoms with Crippen LogP contribution in [0.5, 0.6) is 0 Å². The normalized spacial score (nSPS) is 10.6. The Morgan fingerprint density at radius 3 is 2.62 bits per heavy atom. The minimum atomic E-state index is -0.263. The van der Waals surface area contributed by atoms with Crippen LogP contribution < -0.4 is 5.32 Å². The standard InChI is InChI=1S/C17H11Cl2NO3S/c18-12-5-3-10(8-13(12)19)17(22)20-9-11-4-6-15(24-11)16(21)14-2-1-7-23-14/h1-8H,9H2,(H,20,22). The average molecular weight is 380 g/mol. The smallest absolute Gasteiger partial charge is 0.251 e. The van der Waals surface area contributed by atoms with E-state index < -0.39 is 0 Å². The van der Waals surface area contributed by atoms with Gasteiger partial charge in [-0.25, -0.2) is 0 Å². The molecule has 2 aromatic heterocycles. The molecule has 1 amide bonds. The molecule has 0 aliphatic carbocycles. The van der Waals surface area contributed by atoms with Gasteiger partial charge in [-0.3, -0.25) is 9.59 Å². The van der Waals surface area contributed by atoms with E-state index in [9.17, 15) is 9.59 Å². The molecule has 0 bridgehead atoms. The quantitative estimate of drug-likeness (QED) is 0.647. The van der Waals surface area contributed by atoms with E-state index in [2.05, 4.69) is 5.32 Å². The highest BCUT2D eigenvalue weighted by Gasteiger charge is 2.15. The van der Waals surface area contributed by atoms with E-state index >= 15 is 0 Å². The van der Waals surface area contributed by atoms with Gasteiger partial charge < -0.3 is 9.73 Å². The van der Waals surface area contributed by atoms with Crippen molar-refractivity contribution in [3.8, 4) is 0 Å². The molecule has 0 aliphatic rings. The van der Waals surface area contributed by atoms with Gasteiger partial charge in [-0.1, -0.05) is 23.2 Å². The van der Waals surface area contributed by atoms with Crippen molar-refractivity contribution in [1.82, 2.24) is 5.32 Å². The van der Waals surface area contributed by atoms with Crippen molar-refractivity contribution >= 4 is 46.2 Å². The van der Waals surface area contributed by atoms with Crippen LogP contribution in [0.1, 0.15) is 30.7 Å². The van der Waals surface area contributed by atoms with E-state index in [1.165, 1.54) is 23.7 Å². The monoisotopic (exact) mass is 379 g/mol. The lowest BCUT2D eigenvalue weighted by molar-refractivity contribution is 0.0950. The molecule has 0 spiro atoms. The highest BCUT2D eigenvalue weighted by atomic mass is 35.5. The summed E-state index contributed by atoms with van der Waals surface area (Å²) in [6.45, 7) is 0.315. The van der Waals surface area contributed by atoms with Crippen LogP contribution >= 0.6 is 34.5 Å². The number of amides is 1. The summed E-state index contributed by atoms with van der Waals surface area (Å²) in [6.07, 6.45) is 1.46. The Morgan fingerprint density at radius 1 is 1.08 bits per heavy atom. The van der Waals surface area contributed by atoms with Crippen molar-refractivity contribution in [2.24, 2.45) is 0 Å². The maximum absolute atomic E-state index is 12.2. The van der Waals surface area contributed by atoms with E-state index in [-0.39, 0.29) is 11.7 Å². The van der Waals surface area contributed by atoms with Crippen LogP contribution in [0.4, 0.5) is 0 Å². The van der Waals surface area contributed by atoms with Gasteiger partial charge in [-0.05, 0) is 42.5 Å². The van der Waals surface area contributed by atoms with Crippen molar-refractivity contribution in [2.75, 3.05) is 0 Å². The fourth-order valence-electron chi connectivity index (χ4n) is 2.03. The Morgan fingerprint density at radius 2 is 1.92 bits per heavy atom. The first kappa shape index (κ1) is 16.8. The lowest BCUT2D eigenvalue weighted by Gasteiger charge is -2.04. The molecule has 0 aliphatic heterocycles. The second kappa shape index (κ2) is 7.21. The second-order valence-corrected chi connectivity index (χ2v) is 6.87. The Bertz CT molecular complexity index is 887. The second-order valence-electron chi connectivity index (χ2n) is 4.88. The number of halogens is 2. The first-order chi connectivity index (χ1) is 11.5. The Kier molecular flexibility index (Phi) is 5.04. The highest BCUT2D eigenvalue weighted by Crippen LogP contribution is 2.23. The van der Waals surface area contributed by atoms with Gasteiger partial charge in [0.15, 0.2) is 5.76 Å². The summed E-state index contributed by atoms with van der Waals surface area (Å²) in [6, 6.07) is 11.5. The first-order valence-electron chi connectivity index (χ1n) is 6.95. The van der Waals surface area contributed by atoms with Crippen LogP contribution in [0.2, 0.25) is 10.0 Å². The van der Waals surface area contributed by atoms with Crippen LogP contribution in [0.15, 0.2) is 53.1 Å². The van der Waals surface area contributed by atoms with Gasteiger partial charge in [0.05, 0.1) is 27.7 Å². The molecule has 0 saturated heterocycles. The number of nitrogens with one attached hydrogen (secondary N) is 1. The molecule has 0 fully saturated rings. The fraction of sp³-hybridized carbons (Fsp3) is 0.0588.